The van der Waals surface area contributed by atoms with Crippen molar-refractivity contribution in [2.45, 2.75) is 155 Å². The lowest BCUT2D eigenvalue weighted by Crippen LogP contribution is -1.95. The fraction of sp³-hybridized carbons (Fsp3) is 0.632. The first-order valence-electron chi connectivity index (χ1n) is 17.0. The van der Waals surface area contributed by atoms with E-state index in [0.717, 1.165) is 0 Å². The topological polar surface area (TPSA) is 0 Å². The molecule has 40 heavy (non-hydrogen) atoms. The van der Waals surface area contributed by atoms with Gasteiger partial charge in [0.15, 0.2) is 0 Å². The molecule has 3 rings (SSSR count). The van der Waals surface area contributed by atoms with Crippen molar-refractivity contribution in [3.63, 3.8) is 0 Å². The van der Waals surface area contributed by atoms with Crippen LogP contribution in [0.4, 0.5) is 0 Å². The number of fused-ring (bicyclic) bond motifs is 3. The molecule has 1 aliphatic rings. The summed E-state index contributed by atoms with van der Waals surface area (Å²) in [5.74, 6) is 0. The maximum Gasteiger partial charge on any atom is 0.0181 e. The van der Waals surface area contributed by atoms with Gasteiger partial charge in [0.2, 0.25) is 0 Å². The molecule has 0 fully saturated rings. The third kappa shape index (κ3) is 11.4. The molecule has 0 radical (unpaired) electrons. The van der Waals surface area contributed by atoms with Crippen LogP contribution in [0.5, 0.6) is 0 Å². The average Bonchev–Trinajstić information content (AvgIpc) is 3.26. The molecule has 0 unspecified atom stereocenters. The van der Waals surface area contributed by atoms with Crippen molar-refractivity contribution in [2.75, 3.05) is 0 Å². The Balaban J connectivity index is 1.60. The van der Waals surface area contributed by atoms with E-state index in [9.17, 15) is 0 Å². The molecule has 0 N–H and O–H groups in total. The van der Waals surface area contributed by atoms with Crippen LogP contribution in [0.25, 0.3) is 16.7 Å². The van der Waals surface area contributed by atoms with Crippen molar-refractivity contribution in [1.29, 1.82) is 0 Å². The van der Waals surface area contributed by atoms with Gasteiger partial charge >= 0.3 is 0 Å². The van der Waals surface area contributed by atoms with Gasteiger partial charge in [-0.25, -0.2) is 0 Å². The number of benzene rings is 2. The fourth-order valence-corrected chi connectivity index (χ4v) is 7.19. The van der Waals surface area contributed by atoms with Crippen molar-refractivity contribution in [1.82, 2.24) is 0 Å². The summed E-state index contributed by atoms with van der Waals surface area (Å²) in [4.78, 5) is 0. The minimum atomic E-state index is 1.19. The van der Waals surface area contributed by atoms with Crippen molar-refractivity contribution >= 4 is 37.4 Å². The lowest BCUT2D eigenvalue weighted by molar-refractivity contribution is 0.547. The molecule has 0 bridgehead atoms. The van der Waals surface area contributed by atoms with Gasteiger partial charge in [-0.2, -0.15) is 0 Å². The van der Waals surface area contributed by atoms with Crippen molar-refractivity contribution in [3.8, 4) is 11.1 Å². The maximum absolute atomic E-state index is 3.78. The van der Waals surface area contributed by atoms with Gasteiger partial charge in [-0.05, 0) is 77.8 Å². The van der Waals surface area contributed by atoms with Crippen LogP contribution in [0.3, 0.4) is 0 Å². The van der Waals surface area contributed by atoms with Crippen LogP contribution in [-0.4, -0.2) is 0 Å². The fourth-order valence-electron chi connectivity index (χ4n) is 6.47. The predicted octanol–water partition coefficient (Wildman–Crippen LogP) is 14.6. The van der Waals surface area contributed by atoms with Crippen LogP contribution >= 0.6 is 31.9 Å². The summed E-state index contributed by atoms with van der Waals surface area (Å²) in [6, 6.07) is 13.8. The minimum Gasteiger partial charge on any atom is -0.0654 e. The zero-order valence-corrected chi connectivity index (χ0v) is 28.9. The first-order valence-corrected chi connectivity index (χ1v) is 18.6. The van der Waals surface area contributed by atoms with E-state index in [0.29, 0.717) is 0 Å². The largest absolute Gasteiger partial charge is 0.0654 e. The molecule has 1 aliphatic carbocycles. The standard InChI is InChI=1S/C38H56Br2/c1-3-5-7-9-11-13-15-17-19-21-23-31(24-22-20-18-16-14-12-10-8-6-4-2)38-36-29-32(39)25-27-34(36)35-28-26-33(40)30-37(35)38/h25-30H,3-24H2,1-2H3. The second-order valence-corrected chi connectivity index (χ2v) is 14.1. The molecular weight excluding hydrogens is 616 g/mol. The Kier molecular flexibility index (Phi) is 16.9. The van der Waals surface area contributed by atoms with Gasteiger partial charge in [0.05, 0.1) is 0 Å². The molecule has 2 aromatic rings. The summed E-state index contributed by atoms with van der Waals surface area (Å²) in [5.41, 5.74) is 8.94. The third-order valence-electron chi connectivity index (χ3n) is 8.81. The molecule has 0 aromatic heterocycles. The van der Waals surface area contributed by atoms with Crippen LogP contribution in [0.2, 0.25) is 0 Å². The highest BCUT2D eigenvalue weighted by Gasteiger charge is 2.26. The van der Waals surface area contributed by atoms with Crippen LogP contribution in [0, 0.1) is 0 Å². The third-order valence-corrected chi connectivity index (χ3v) is 9.80. The highest BCUT2D eigenvalue weighted by Crippen LogP contribution is 2.48. The van der Waals surface area contributed by atoms with Crippen LogP contribution < -0.4 is 0 Å². The molecule has 0 atom stereocenters. The van der Waals surface area contributed by atoms with Gasteiger partial charge in [0, 0.05) is 8.95 Å². The van der Waals surface area contributed by atoms with Crippen LogP contribution in [0.1, 0.15) is 166 Å². The monoisotopic (exact) mass is 670 g/mol. The quantitative estimate of drug-likeness (QED) is 0.0932. The normalized spacial score (nSPS) is 12.2. The van der Waals surface area contributed by atoms with E-state index in [4.69, 9.17) is 0 Å². The zero-order chi connectivity index (χ0) is 28.4. The lowest BCUT2D eigenvalue weighted by atomic mass is 9.90. The summed E-state index contributed by atoms with van der Waals surface area (Å²) in [6.45, 7) is 4.61. The molecule has 0 saturated heterocycles. The van der Waals surface area contributed by atoms with E-state index in [1.807, 2.05) is 0 Å². The van der Waals surface area contributed by atoms with Crippen LogP contribution in [0.15, 0.2) is 50.9 Å². The van der Waals surface area contributed by atoms with E-state index in [-0.39, 0.29) is 0 Å². The number of rotatable bonds is 22. The molecule has 0 spiro atoms. The molecule has 0 aliphatic heterocycles. The molecule has 0 amide bonds. The number of halogens is 2. The molecule has 0 heterocycles. The SMILES string of the molecule is CCCCCCCCCCCCC(CCCCCCCCCCCC)=C1c2cc(Br)ccc2-c2ccc(Br)cc21. The van der Waals surface area contributed by atoms with Crippen molar-refractivity contribution in [2.24, 2.45) is 0 Å². The Morgan fingerprint density at radius 3 is 1.10 bits per heavy atom. The van der Waals surface area contributed by atoms with Gasteiger partial charge in [-0.15, -0.1) is 0 Å². The van der Waals surface area contributed by atoms with E-state index in [2.05, 4.69) is 82.1 Å². The Labute approximate surface area is 264 Å². The number of hydrogen-bond donors (Lipinski definition) is 0. The Hall–Kier alpha value is -0.860. The summed E-state index contributed by atoms with van der Waals surface area (Å²) in [6.07, 6.45) is 30.5. The minimum absolute atomic E-state index is 1.19. The molecular formula is C38H56Br2. The molecule has 222 valence electrons. The summed E-state index contributed by atoms with van der Waals surface area (Å²) < 4.78 is 2.38. The Morgan fingerprint density at radius 2 is 0.750 bits per heavy atom. The Bertz CT molecular complexity index is 939. The maximum atomic E-state index is 3.78. The summed E-state index contributed by atoms with van der Waals surface area (Å²) in [7, 11) is 0. The van der Waals surface area contributed by atoms with E-state index >= 15 is 0 Å². The number of unbranched alkanes of at least 4 members (excludes halogenated alkanes) is 18. The van der Waals surface area contributed by atoms with E-state index < -0.39 is 0 Å². The molecule has 0 nitrogen and oxygen atoms in total. The van der Waals surface area contributed by atoms with Gasteiger partial charge in [-0.3, -0.25) is 0 Å². The second kappa shape index (κ2) is 20.1. The van der Waals surface area contributed by atoms with Crippen molar-refractivity contribution in [3.05, 3.63) is 62.0 Å². The van der Waals surface area contributed by atoms with Gasteiger partial charge in [-0.1, -0.05) is 179 Å². The van der Waals surface area contributed by atoms with E-state index in [1.165, 1.54) is 172 Å². The average molecular weight is 673 g/mol. The first-order chi connectivity index (χ1) is 19.7. The van der Waals surface area contributed by atoms with Gasteiger partial charge < -0.3 is 0 Å². The van der Waals surface area contributed by atoms with Crippen molar-refractivity contribution < 1.29 is 0 Å². The highest BCUT2D eigenvalue weighted by molar-refractivity contribution is 9.10. The second-order valence-electron chi connectivity index (χ2n) is 12.2. The van der Waals surface area contributed by atoms with Gasteiger partial charge in [0.25, 0.3) is 0 Å². The zero-order valence-electron chi connectivity index (χ0n) is 25.8. The highest BCUT2D eigenvalue weighted by atomic mass is 79.9. The number of allylic oxidation sites excluding steroid dienone is 1. The summed E-state index contributed by atoms with van der Waals surface area (Å²) >= 11 is 7.57. The first kappa shape index (κ1) is 33.6. The Morgan fingerprint density at radius 1 is 0.425 bits per heavy atom. The van der Waals surface area contributed by atoms with Crippen LogP contribution in [-0.2, 0) is 0 Å². The lowest BCUT2D eigenvalue weighted by Gasteiger charge is -2.15. The molecule has 2 heteroatoms. The molecule has 0 saturated carbocycles. The summed E-state index contributed by atoms with van der Waals surface area (Å²) in [5, 5.41) is 0. The predicted molar refractivity (Wildman–Crippen MR) is 186 cm³/mol. The van der Waals surface area contributed by atoms with E-state index in [1.54, 1.807) is 11.1 Å². The number of hydrogen-bond acceptors (Lipinski definition) is 0. The molecule has 2 aromatic carbocycles. The van der Waals surface area contributed by atoms with Gasteiger partial charge in [0.1, 0.15) is 0 Å². The smallest absolute Gasteiger partial charge is 0.0181 e.